The zero-order valence-corrected chi connectivity index (χ0v) is 12.3. The normalized spacial score (nSPS) is 17.9. The lowest BCUT2D eigenvalue weighted by Gasteiger charge is -2.44. The Bertz CT molecular complexity index is 375. The van der Waals surface area contributed by atoms with Crippen molar-refractivity contribution >= 4 is 11.4 Å². The fourth-order valence-electron chi connectivity index (χ4n) is 2.74. The lowest BCUT2D eigenvalue weighted by molar-refractivity contribution is -0.927. The second kappa shape index (κ2) is 6.98. The predicted octanol–water partition coefficient (Wildman–Crippen LogP) is -2.08. The summed E-state index contributed by atoms with van der Waals surface area (Å²) in [7, 11) is 0. The van der Waals surface area contributed by atoms with Gasteiger partial charge in [0.2, 0.25) is 0 Å². The Morgan fingerprint density at radius 1 is 1.21 bits per heavy atom. The second-order valence-corrected chi connectivity index (χ2v) is 5.13. The fraction of sp³-hybridized carbons (Fsp3) is 0.571. The smallest absolute Gasteiger partial charge is 0.102 e. The van der Waals surface area contributed by atoms with Crippen molar-refractivity contribution in [2.45, 2.75) is 6.92 Å². The lowest BCUT2D eigenvalue weighted by Crippen LogP contribution is -3.00. The van der Waals surface area contributed by atoms with E-state index in [0.29, 0.717) is 0 Å². The molecule has 2 rings (SSSR count). The number of nitrogens with two attached hydrogens (primary N) is 1. The van der Waals surface area contributed by atoms with E-state index < -0.39 is 0 Å². The molecule has 5 heteroatoms. The number of piperazine rings is 1. The van der Waals surface area contributed by atoms with Crippen molar-refractivity contribution in [2.75, 3.05) is 56.5 Å². The minimum absolute atomic E-state index is 0. The maximum Gasteiger partial charge on any atom is 0.102 e. The molecule has 0 unspecified atom stereocenters. The van der Waals surface area contributed by atoms with Crippen LogP contribution in [0.3, 0.4) is 0 Å². The van der Waals surface area contributed by atoms with Gasteiger partial charge in [-0.3, -0.25) is 0 Å². The van der Waals surface area contributed by atoms with E-state index in [1.165, 1.54) is 5.69 Å². The SMILES string of the molecule is CC[N+]1(CCO)CCN(c2ccc(N)cc2)CC1.[Cl-]. The Hall–Kier alpha value is -0.970. The molecule has 4 nitrogen and oxygen atoms in total. The molecule has 0 radical (unpaired) electrons. The molecule has 1 heterocycles. The van der Waals surface area contributed by atoms with Gasteiger partial charge in [0.05, 0.1) is 39.3 Å². The van der Waals surface area contributed by atoms with Gasteiger partial charge in [0.1, 0.15) is 6.54 Å². The van der Waals surface area contributed by atoms with Crippen LogP contribution in [-0.2, 0) is 0 Å². The van der Waals surface area contributed by atoms with Gasteiger partial charge in [0.25, 0.3) is 0 Å². The van der Waals surface area contributed by atoms with Crippen LogP contribution in [0, 0.1) is 0 Å². The highest BCUT2D eigenvalue weighted by Crippen LogP contribution is 2.20. The number of nitrogens with zero attached hydrogens (tertiary/aromatic N) is 2. The molecule has 3 N–H and O–H groups in total. The van der Waals surface area contributed by atoms with Gasteiger partial charge in [-0.05, 0) is 31.2 Å². The van der Waals surface area contributed by atoms with E-state index >= 15 is 0 Å². The van der Waals surface area contributed by atoms with Gasteiger partial charge in [-0.1, -0.05) is 0 Å². The molecule has 0 saturated carbocycles. The summed E-state index contributed by atoms with van der Waals surface area (Å²) in [5.41, 5.74) is 7.78. The Morgan fingerprint density at radius 2 is 1.79 bits per heavy atom. The monoisotopic (exact) mass is 285 g/mol. The van der Waals surface area contributed by atoms with Crippen molar-refractivity contribution in [1.29, 1.82) is 0 Å². The Kier molecular flexibility index (Phi) is 5.91. The summed E-state index contributed by atoms with van der Waals surface area (Å²) in [4.78, 5) is 2.41. The zero-order valence-electron chi connectivity index (χ0n) is 11.6. The van der Waals surface area contributed by atoms with E-state index in [4.69, 9.17) is 5.73 Å². The molecule has 1 aromatic carbocycles. The second-order valence-electron chi connectivity index (χ2n) is 5.13. The summed E-state index contributed by atoms with van der Waals surface area (Å²) in [5, 5.41) is 9.19. The van der Waals surface area contributed by atoms with Crippen molar-refractivity contribution in [1.82, 2.24) is 0 Å². The minimum Gasteiger partial charge on any atom is -1.00 e. The van der Waals surface area contributed by atoms with E-state index in [2.05, 4.69) is 24.0 Å². The summed E-state index contributed by atoms with van der Waals surface area (Å²) in [6.07, 6.45) is 0. The molecule has 1 saturated heterocycles. The van der Waals surface area contributed by atoms with Crippen LogP contribution < -0.4 is 23.0 Å². The third kappa shape index (κ3) is 3.75. The number of benzene rings is 1. The summed E-state index contributed by atoms with van der Waals surface area (Å²) in [6, 6.07) is 8.10. The lowest BCUT2D eigenvalue weighted by atomic mass is 10.2. The summed E-state index contributed by atoms with van der Waals surface area (Å²) >= 11 is 0. The molecule has 0 spiro atoms. The third-order valence-electron chi connectivity index (χ3n) is 4.19. The number of likely N-dealkylation sites (N-methyl/N-ethyl adjacent to an activating group) is 1. The largest absolute Gasteiger partial charge is 1.00 e. The fourth-order valence-corrected chi connectivity index (χ4v) is 2.74. The molecule has 0 atom stereocenters. The van der Waals surface area contributed by atoms with Crippen LogP contribution in [0.2, 0.25) is 0 Å². The topological polar surface area (TPSA) is 49.5 Å². The molecular weight excluding hydrogens is 262 g/mol. The van der Waals surface area contributed by atoms with Crippen LogP contribution in [0.25, 0.3) is 0 Å². The van der Waals surface area contributed by atoms with E-state index in [0.717, 1.165) is 49.4 Å². The van der Waals surface area contributed by atoms with Gasteiger partial charge >= 0.3 is 0 Å². The van der Waals surface area contributed by atoms with Crippen LogP contribution in [0.4, 0.5) is 11.4 Å². The van der Waals surface area contributed by atoms with E-state index in [1.54, 1.807) is 0 Å². The number of anilines is 2. The molecule has 1 aliphatic heterocycles. The predicted molar refractivity (Wildman–Crippen MR) is 75.6 cm³/mol. The molecular formula is C14H24ClN3O. The van der Waals surface area contributed by atoms with Gasteiger partial charge in [-0.2, -0.15) is 0 Å². The first kappa shape index (κ1) is 16.1. The molecule has 1 aromatic rings. The van der Waals surface area contributed by atoms with E-state index in [1.807, 2.05) is 12.1 Å². The summed E-state index contributed by atoms with van der Waals surface area (Å²) < 4.78 is 1.04. The quantitative estimate of drug-likeness (QED) is 0.493. The number of halogens is 1. The number of rotatable bonds is 4. The van der Waals surface area contributed by atoms with Crippen LogP contribution in [-0.4, -0.2) is 55.5 Å². The summed E-state index contributed by atoms with van der Waals surface area (Å²) in [5.74, 6) is 0. The van der Waals surface area contributed by atoms with Gasteiger partial charge in [0, 0.05) is 11.4 Å². The Labute approximate surface area is 121 Å². The van der Waals surface area contributed by atoms with Gasteiger partial charge in [0.15, 0.2) is 0 Å². The van der Waals surface area contributed by atoms with Gasteiger partial charge in [-0.15, -0.1) is 0 Å². The van der Waals surface area contributed by atoms with Gasteiger partial charge < -0.3 is 32.6 Å². The standard InChI is InChI=1S/C14H24N3O.ClH/c1-2-17(11-12-18)9-7-16(8-10-17)14-5-3-13(15)4-6-14;/h3-6,18H,2,7-12,15H2,1H3;1H/q+1;/p-1. The minimum atomic E-state index is 0. The number of quaternary nitrogens is 1. The molecule has 19 heavy (non-hydrogen) atoms. The van der Waals surface area contributed by atoms with Gasteiger partial charge in [-0.25, -0.2) is 0 Å². The Morgan fingerprint density at radius 3 is 2.26 bits per heavy atom. The molecule has 0 aromatic heterocycles. The molecule has 108 valence electrons. The molecule has 1 aliphatic rings. The van der Waals surface area contributed by atoms with E-state index in [9.17, 15) is 5.11 Å². The zero-order chi connectivity index (χ0) is 13.0. The number of aliphatic hydroxyl groups excluding tert-OH is 1. The van der Waals surface area contributed by atoms with Crippen molar-refractivity contribution in [2.24, 2.45) is 0 Å². The first-order chi connectivity index (χ1) is 8.69. The molecule has 0 bridgehead atoms. The average molecular weight is 286 g/mol. The van der Waals surface area contributed by atoms with Crippen molar-refractivity contribution in [3.63, 3.8) is 0 Å². The first-order valence-corrected chi connectivity index (χ1v) is 6.75. The van der Waals surface area contributed by atoms with E-state index in [-0.39, 0.29) is 19.0 Å². The maximum atomic E-state index is 9.19. The summed E-state index contributed by atoms with van der Waals surface area (Å²) in [6.45, 7) is 8.82. The maximum absolute atomic E-state index is 9.19. The van der Waals surface area contributed by atoms with Crippen LogP contribution in [0.15, 0.2) is 24.3 Å². The average Bonchev–Trinajstić information content (AvgIpc) is 2.41. The highest BCUT2D eigenvalue weighted by Gasteiger charge is 2.30. The van der Waals surface area contributed by atoms with Crippen LogP contribution in [0.1, 0.15) is 6.92 Å². The highest BCUT2D eigenvalue weighted by molar-refractivity contribution is 5.53. The number of hydrogen-bond acceptors (Lipinski definition) is 3. The van der Waals surface area contributed by atoms with Crippen LogP contribution >= 0.6 is 0 Å². The number of hydrogen-bond donors (Lipinski definition) is 2. The Balaban J connectivity index is 0.00000180. The van der Waals surface area contributed by atoms with Crippen molar-refractivity contribution < 1.29 is 22.0 Å². The van der Waals surface area contributed by atoms with Crippen molar-refractivity contribution in [3.8, 4) is 0 Å². The van der Waals surface area contributed by atoms with Crippen molar-refractivity contribution in [3.05, 3.63) is 24.3 Å². The molecule has 1 fully saturated rings. The van der Waals surface area contributed by atoms with Crippen LogP contribution in [0.5, 0.6) is 0 Å². The number of aliphatic hydroxyl groups is 1. The third-order valence-corrected chi connectivity index (χ3v) is 4.19. The number of nitrogen functional groups attached to an aromatic ring is 1. The molecule has 0 aliphatic carbocycles. The highest BCUT2D eigenvalue weighted by atomic mass is 35.5. The first-order valence-electron chi connectivity index (χ1n) is 6.75. The molecule has 0 amide bonds.